The van der Waals surface area contributed by atoms with E-state index in [9.17, 15) is 8.78 Å². The van der Waals surface area contributed by atoms with E-state index in [0.717, 1.165) is 34.5 Å². The SMILES string of the molecule is CCc1nc2ccc(F)cc2n1-c1cc(N)nc(Nc2ccc(N(C)C)cc2)n1.CCc1nc2ccc(F)cc2n1-c1cc(N)nc(Nc2ccc(OC)cc2)n1. The van der Waals surface area contributed by atoms with Crippen LogP contribution in [0.15, 0.2) is 97.1 Å². The third-order valence-electron chi connectivity index (χ3n) is 8.91. The lowest BCUT2D eigenvalue weighted by atomic mass is 10.2. The van der Waals surface area contributed by atoms with Gasteiger partial charge in [0.2, 0.25) is 11.9 Å². The Morgan fingerprint density at radius 3 is 1.44 bits per heavy atom. The Balaban J connectivity index is 0.000000174. The standard InChI is InChI=1S/C21H22FN7.C20H19FN6O/c1-4-19-25-16-10-5-13(22)11-17(16)29(19)20-12-18(23)26-21(27-20)24-14-6-8-15(9-7-14)28(2)3;1-3-18-24-15-9-4-12(21)10-16(15)27(18)19-11-17(22)25-20(26-19)23-13-5-7-14(28-2)8-6-13/h5-12H,4H2,1-3H3,(H3,23,24,26,27);4-11H,3H2,1-2H3,(H3,22,23,25,26). The summed E-state index contributed by atoms with van der Waals surface area (Å²) in [5, 5.41) is 6.31. The molecule has 0 amide bonds. The van der Waals surface area contributed by atoms with E-state index in [0.29, 0.717) is 70.1 Å². The molecule has 0 unspecified atom stereocenters. The summed E-state index contributed by atoms with van der Waals surface area (Å²) >= 11 is 0. The van der Waals surface area contributed by atoms with Crippen LogP contribution in [-0.2, 0) is 12.8 Å². The van der Waals surface area contributed by atoms with Gasteiger partial charge in [0.05, 0.1) is 29.2 Å². The Kier molecular flexibility index (Phi) is 10.8. The number of nitrogens with two attached hydrogens (primary N) is 2. The molecule has 16 heteroatoms. The molecule has 4 heterocycles. The topological polar surface area (TPSA) is 176 Å². The minimum absolute atomic E-state index is 0.293. The molecule has 4 aromatic heterocycles. The fourth-order valence-corrected chi connectivity index (χ4v) is 6.20. The molecule has 0 aliphatic carbocycles. The molecule has 0 saturated carbocycles. The summed E-state index contributed by atoms with van der Waals surface area (Å²) in [7, 11) is 5.58. The van der Waals surface area contributed by atoms with Crippen LogP contribution in [0.5, 0.6) is 5.75 Å². The number of aromatic nitrogens is 8. The minimum atomic E-state index is -0.338. The maximum absolute atomic E-state index is 13.9. The van der Waals surface area contributed by atoms with Crippen LogP contribution in [0.25, 0.3) is 33.7 Å². The molecule has 57 heavy (non-hydrogen) atoms. The normalized spacial score (nSPS) is 11.0. The fourth-order valence-electron chi connectivity index (χ4n) is 6.20. The number of hydrogen-bond donors (Lipinski definition) is 4. The van der Waals surface area contributed by atoms with Crippen LogP contribution in [0.1, 0.15) is 25.5 Å². The van der Waals surface area contributed by atoms with E-state index in [1.807, 2.05) is 85.9 Å². The van der Waals surface area contributed by atoms with Gasteiger partial charge in [-0.25, -0.2) is 18.7 Å². The van der Waals surface area contributed by atoms with Crippen molar-refractivity contribution < 1.29 is 13.5 Å². The van der Waals surface area contributed by atoms with E-state index in [4.69, 9.17) is 16.2 Å². The van der Waals surface area contributed by atoms with Gasteiger partial charge >= 0.3 is 0 Å². The monoisotopic (exact) mass is 769 g/mol. The minimum Gasteiger partial charge on any atom is -0.497 e. The highest BCUT2D eigenvalue weighted by molar-refractivity contribution is 5.79. The van der Waals surface area contributed by atoms with Gasteiger partial charge < -0.3 is 31.7 Å². The number of benzene rings is 4. The van der Waals surface area contributed by atoms with Crippen molar-refractivity contribution in [3.8, 4) is 17.4 Å². The molecule has 0 radical (unpaired) electrons. The van der Waals surface area contributed by atoms with Crippen molar-refractivity contribution in [2.24, 2.45) is 0 Å². The smallest absolute Gasteiger partial charge is 0.231 e. The molecular formula is C41H41F2N13O. The van der Waals surface area contributed by atoms with Gasteiger partial charge in [0.15, 0.2) is 0 Å². The number of hydrogen-bond acceptors (Lipinski definition) is 12. The van der Waals surface area contributed by atoms with Crippen molar-refractivity contribution in [2.75, 3.05) is 48.2 Å². The number of imidazole rings is 2. The predicted molar refractivity (Wildman–Crippen MR) is 221 cm³/mol. The van der Waals surface area contributed by atoms with Crippen molar-refractivity contribution in [1.82, 2.24) is 39.0 Å². The third kappa shape index (κ3) is 8.34. The average Bonchev–Trinajstić information content (AvgIpc) is 3.75. The zero-order valence-corrected chi connectivity index (χ0v) is 32.0. The second-order valence-electron chi connectivity index (χ2n) is 13.1. The molecule has 0 atom stereocenters. The second-order valence-corrected chi connectivity index (χ2v) is 13.1. The number of fused-ring (bicyclic) bond motifs is 2. The zero-order valence-electron chi connectivity index (χ0n) is 32.0. The van der Waals surface area contributed by atoms with Crippen molar-refractivity contribution in [3.63, 3.8) is 0 Å². The summed E-state index contributed by atoms with van der Waals surface area (Å²) in [6.07, 6.45) is 1.32. The largest absolute Gasteiger partial charge is 0.497 e. The van der Waals surface area contributed by atoms with Crippen molar-refractivity contribution in [2.45, 2.75) is 26.7 Å². The lowest BCUT2D eigenvalue weighted by molar-refractivity contribution is 0.415. The number of anilines is 7. The number of nitrogen functional groups attached to an aromatic ring is 2. The third-order valence-corrected chi connectivity index (χ3v) is 8.91. The van der Waals surface area contributed by atoms with Gasteiger partial charge in [0, 0.05) is 68.3 Å². The van der Waals surface area contributed by atoms with Gasteiger partial charge in [-0.2, -0.15) is 19.9 Å². The zero-order chi connectivity index (χ0) is 40.2. The summed E-state index contributed by atoms with van der Waals surface area (Å²) in [5.74, 6) is 3.96. The van der Waals surface area contributed by atoms with Crippen LogP contribution in [-0.4, -0.2) is 60.2 Å². The highest BCUT2D eigenvalue weighted by atomic mass is 19.1. The Morgan fingerprint density at radius 2 is 1.04 bits per heavy atom. The molecule has 0 saturated heterocycles. The number of methoxy groups -OCH3 is 1. The average molecular weight is 770 g/mol. The Hall–Kier alpha value is -7.36. The first-order valence-electron chi connectivity index (χ1n) is 18.1. The van der Waals surface area contributed by atoms with Gasteiger partial charge in [-0.05, 0) is 72.8 Å². The number of halogens is 2. The predicted octanol–water partition coefficient (Wildman–Crippen LogP) is 7.76. The molecule has 0 fully saturated rings. The second kappa shape index (κ2) is 16.2. The van der Waals surface area contributed by atoms with Gasteiger partial charge in [0.1, 0.15) is 52.3 Å². The highest BCUT2D eigenvalue weighted by Crippen LogP contribution is 2.27. The first kappa shape index (κ1) is 37.9. The number of aryl methyl sites for hydroxylation is 2. The fraction of sp³-hybridized carbons (Fsp3) is 0.171. The molecule has 14 nitrogen and oxygen atoms in total. The van der Waals surface area contributed by atoms with Gasteiger partial charge in [0.25, 0.3) is 0 Å². The van der Waals surface area contributed by atoms with E-state index >= 15 is 0 Å². The molecule has 8 aromatic rings. The molecule has 0 spiro atoms. The highest BCUT2D eigenvalue weighted by Gasteiger charge is 2.17. The Morgan fingerprint density at radius 1 is 0.596 bits per heavy atom. The summed E-state index contributed by atoms with van der Waals surface area (Å²) < 4.78 is 36.5. The lowest BCUT2D eigenvalue weighted by Gasteiger charge is -2.14. The number of nitrogens with zero attached hydrogens (tertiary/aromatic N) is 9. The van der Waals surface area contributed by atoms with Gasteiger partial charge in [-0.1, -0.05) is 13.8 Å². The Bertz CT molecular complexity index is 2680. The van der Waals surface area contributed by atoms with Crippen LogP contribution in [0, 0.1) is 11.6 Å². The van der Waals surface area contributed by atoms with Crippen LogP contribution < -0.4 is 31.7 Å². The maximum Gasteiger partial charge on any atom is 0.231 e. The van der Waals surface area contributed by atoms with Crippen LogP contribution in [0.2, 0.25) is 0 Å². The molecule has 0 aliphatic rings. The summed E-state index contributed by atoms with van der Waals surface area (Å²) in [4.78, 5) is 28.9. The van der Waals surface area contributed by atoms with Crippen LogP contribution in [0.3, 0.4) is 0 Å². The van der Waals surface area contributed by atoms with E-state index < -0.39 is 0 Å². The summed E-state index contributed by atoms with van der Waals surface area (Å²) in [5.41, 5.74) is 17.4. The molecule has 8 rings (SSSR count). The van der Waals surface area contributed by atoms with E-state index in [1.54, 1.807) is 35.9 Å². The van der Waals surface area contributed by atoms with Gasteiger partial charge in [-0.15, -0.1) is 0 Å². The number of nitrogens with one attached hydrogen (secondary N) is 2. The van der Waals surface area contributed by atoms with Crippen LogP contribution in [0.4, 0.5) is 49.4 Å². The van der Waals surface area contributed by atoms with Crippen molar-refractivity contribution >= 4 is 62.7 Å². The summed E-state index contributed by atoms with van der Waals surface area (Å²) in [6, 6.07) is 27.6. The molecular weight excluding hydrogens is 729 g/mol. The van der Waals surface area contributed by atoms with Gasteiger partial charge in [-0.3, -0.25) is 9.13 Å². The van der Waals surface area contributed by atoms with Crippen LogP contribution >= 0.6 is 0 Å². The first-order valence-corrected chi connectivity index (χ1v) is 18.1. The van der Waals surface area contributed by atoms with Crippen molar-refractivity contribution in [3.05, 3.63) is 120 Å². The molecule has 4 aromatic carbocycles. The Labute approximate surface area is 327 Å². The maximum atomic E-state index is 13.9. The molecule has 6 N–H and O–H groups in total. The number of rotatable bonds is 10. The number of ether oxygens (including phenoxy) is 1. The van der Waals surface area contributed by atoms with E-state index in [-0.39, 0.29) is 11.6 Å². The molecule has 0 bridgehead atoms. The molecule has 290 valence electrons. The van der Waals surface area contributed by atoms with Crippen molar-refractivity contribution in [1.29, 1.82) is 0 Å². The molecule has 0 aliphatic heterocycles. The van der Waals surface area contributed by atoms with E-state index in [1.165, 1.54) is 24.3 Å². The lowest BCUT2D eigenvalue weighted by Crippen LogP contribution is -2.09. The van der Waals surface area contributed by atoms with E-state index in [2.05, 4.69) is 40.5 Å². The summed E-state index contributed by atoms with van der Waals surface area (Å²) in [6.45, 7) is 3.97. The quantitative estimate of drug-likeness (QED) is 0.107. The first-order chi connectivity index (χ1) is 27.5.